The molecule has 24 heavy (non-hydrogen) atoms. The molecule has 0 fully saturated rings. The Hall–Kier alpha value is -1.38. The van der Waals surface area contributed by atoms with Crippen LogP contribution in [0.3, 0.4) is 0 Å². The van der Waals surface area contributed by atoms with Gasteiger partial charge in [-0.1, -0.05) is 15.9 Å². The molecule has 0 aromatic heterocycles. The van der Waals surface area contributed by atoms with E-state index in [1.807, 2.05) is 6.92 Å². The molecule has 0 unspecified atom stereocenters. The quantitative estimate of drug-likeness (QED) is 0.438. The first-order valence-corrected chi connectivity index (χ1v) is 9.24. The van der Waals surface area contributed by atoms with E-state index in [4.69, 9.17) is 4.74 Å². The number of halogens is 3. The van der Waals surface area contributed by atoms with Gasteiger partial charge in [-0.3, -0.25) is 4.79 Å². The van der Waals surface area contributed by atoms with Crippen molar-refractivity contribution in [1.29, 1.82) is 0 Å². The van der Waals surface area contributed by atoms with Gasteiger partial charge in [-0.15, -0.1) is 0 Å². The number of nitrogens with one attached hydrogen (secondary N) is 1. The number of carbonyl (C=O) groups excluding carboxylic acids is 1. The van der Waals surface area contributed by atoms with E-state index >= 15 is 0 Å². The SMILES string of the molecule is CCOc1cc(/C=N\NC(=O)c2ccc(Br)cc2)c(Br)c(Br)c1O. The molecular weight excluding hydrogens is 508 g/mol. The Kier molecular flexibility index (Phi) is 6.82. The molecule has 126 valence electrons. The first-order chi connectivity index (χ1) is 11.4. The fourth-order valence-corrected chi connectivity index (χ4v) is 2.89. The van der Waals surface area contributed by atoms with Gasteiger partial charge in [0, 0.05) is 20.1 Å². The van der Waals surface area contributed by atoms with Crippen LogP contribution < -0.4 is 10.2 Å². The molecule has 8 heteroatoms. The van der Waals surface area contributed by atoms with E-state index in [2.05, 4.69) is 58.3 Å². The van der Waals surface area contributed by atoms with Crippen molar-refractivity contribution in [2.24, 2.45) is 5.10 Å². The molecule has 0 saturated heterocycles. The van der Waals surface area contributed by atoms with Crippen molar-refractivity contribution in [2.75, 3.05) is 6.61 Å². The summed E-state index contributed by atoms with van der Waals surface area (Å²) in [7, 11) is 0. The smallest absolute Gasteiger partial charge is 0.271 e. The minimum atomic E-state index is -0.322. The number of aromatic hydroxyl groups is 1. The van der Waals surface area contributed by atoms with Crippen LogP contribution in [-0.2, 0) is 0 Å². The van der Waals surface area contributed by atoms with Crippen LogP contribution in [0, 0.1) is 0 Å². The average Bonchev–Trinajstić information content (AvgIpc) is 2.57. The second-order valence-corrected chi connectivity index (χ2v) is 7.08. The number of phenolic OH excluding ortho intramolecular Hbond substituents is 1. The summed E-state index contributed by atoms with van der Waals surface area (Å²) >= 11 is 9.96. The predicted octanol–water partition coefficient (Wildman–Crippen LogP) is 4.84. The van der Waals surface area contributed by atoms with Gasteiger partial charge in [0.2, 0.25) is 0 Å². The maximum atomic E-state index is 12.0. The number of rotatable bonds is 5. The van der Waals surface area contributed by atoms with Crippen LogP contribution in [0.5, 0.6) is 11.5 Å². The van der Waals surface area contributed by atoms with Crippen LogP contribution in [0.4, 0.5) is 0 Å². The van der Waals surface area contributed by atoms with Crippen molar-refractivity contribution in [1.82, 2.24) is 5.43 Å². The van der Waals surface area contributed by atoms with Crippen molar-refractivity contribution in [2.45, 2.75) is 6.92 Å². The zero-order chi connectivity index (χ0) is 17.7. The lowest BCUT2D eigenvalue weighted by Crippen LogP contribution is -2.17. The van der Waals surface area contributed by atoms with Crippen LogP contribution in [0.1, 0.15) is 22.8 Å². The molecule has 0 spiro atoms. The van der Waals surface area contributed by atoms with Gasteiger partial charge >= 0.3 is 0 Å². The Morgan fingerprint density at radius 3 is 2.54 bits per heavy atom. The van der Waals surface area contributed by atoms with E-state index in [-0.39, 0.29) is 11.7 Å². The number of phenols is 1. The molecule has 2 aromatic rings. The number of amides is 1. The van der Waals surface area contributed by atoms with E-state index in [0.717, 1.165) is 4.47 Å². The van der Waals surface area contributed by atoms with Crippen LogP contribution in [0.15, 0.2) is 48.9 Å². The van der Waals surface area contributed by atoms with Gasteiger partial charge < -0.3 is 9.84 Å². The Balaban J connectivity index is 2.16. The molecule has 0 aliphatic carbocycles. The molecule has 0 radical (unpaired) electrons. The van der Waals surface area contributed by atoms with Crippen LogP contribution in [0.25, 0.3) is 0 Å². The fourth-order valence-electron chi connectivity index (χ4n) is 1.80. The molecule has 0 aliphatic rings. The highest BCUT2D eigenvalue weighted by atomic mass is 79.9. The normalized spacial score (nSPS) is 10.8. The van der Waals surface area contributed by atoms with Crippen LogP contribution in [0.2, 0.25) is 0 Å². The summed E-state index contributed by atoms with van der Waals surface area (Å²) in [5.41, 5.74) is 3.59. The summed E-state index contributed by atoms with van der Waals surface area (Å²) < 4.78 is 7.31. The summed E-state index contributed by atoms with van der Waals surface area (Å²) in [5, 5.41) is 13.9. The first-order valence-electron chi connectivity index (χ1n) is 6.86. The summed E-state index contributed by atoms with van der Waals surface area (Å²) in [5.74, 6) is 0.00535. The second kappa shape index (κ2) is 8.64. The van der Waals surface area contributed by atoms with Crippen LogP contribution >= 0.6 is 47.8 Å². The van der Waals surface area contributed by atoms with Crippen molar-refractivity contribution >= 4 is 59.9 Å². The number of nitrogens with zero attached hydrogens (tertiary/aromatic N) is 1. The number of carbonyl (C=O) groups is 1. The van der Waals surface area contributed by atoms with Crippen molar-refractivity contribution in [3.05, 3.63) is 54.9 Å². The lowest BCUT2D eigenvalue weighted by Gasteiger charge is -2.10. The average molecular weight is 521 g/mol. The third-order valence-electron chi connectivity index (χ3n) is 2.95. The highest BCUT2D eigenvalue weighted by Crippen LogP contribution is 2.41. The molecule has 0 aliphatic heterocycles. The molecule has 0 heterocycles. The van der Waals surface area contributed by atoms with Crippen molar-refractivity contribution in [3.8, 4) is 11.5 Å². The Morgan fingerprint density at radius 1 is 1.25 bits per heavy atom. The van der Waals surface area contributed by atoms with Crippen LogP contribution in [-0.4, -0.2) is 23.8 Å². The largest absolute Gasteiger partial charge is 0.503 e. The molecule has 0 atom stereocenters. The van der Waals surface area contributed by atoms with E-state index in [1.54, 1.807) is 30.3 Å². The second-order valence-electron chi connectivity index (χ2n) is 4.58. The van der Waals surface area contributed by atoms with Gasteiger partial charge in [0.15, 0.2) is 11.5 Å². The zero-order valence-electron chi connectivity index (χ0n) is 12.5. The first kappa shape index (κ1) is 19.0. The Morgan fingerprint density at radius 2 is 1.92 bits per heavy atom. The highest BCUT2D eigenvalue weighted by Gasteiger charge is 2.14. The minimum absolute atomic E-state index is 0.000210. The molecular formula is C16H13Br3N2O3. The lowest BCUT2D eigenvalue weighted by molar-refractivity contribution is 0.0955. The zero-order valence-corrected chi connectivity index (χ0v) is 17.3. The number of hydrazone groups is 1. The van der Waals surface area contributed by atoms with E-state index in [1.165, 1.54) is 6.21 Å². The lowest BCUT2D eigenvalue weighted by atomic mass is 10.2. The summed E-state index contributed by atoms with van der Waals surface area (Å²) in [6.45, 7) is 2.24. The molecule has 5 nitrogen and oxygen atoms in total. The molecule has 0 bridgehead atoms. The van der Waals surface area contributed by atoms with Crippen molar-refractivity contribution in [3.63, 3.8) is 0 Å². The maximum Gasteiger partial charge on any atom is 0.271 e. The number of ether oxygens (including phenoxy) is 1. The third kappa shape index (κ3) is 4.58. The topological polar surface area (TPSA) is 70.9 Å². The maximum absolute atomic E-state index is 12.0. The number of hydrogen-bond acceptors (Lipinski definition) is 4. The van der Waals surface area contributed by atoms with E-state index in [9.17, 15) is 9.90 Å². The molecule has 1 amide bonds. The molecule has 2 aromatic carbocycles. The highest BCUT2D eigenvalue weighted by molar-refractivity contribution is 9.13. The summed E-state index contributed by atoms with van der Waals surface area (Å²) in [4.78, 5) is 12.0. The fraction of sp³-hybridized carbons (Fsp3) is 0.125. The van der Waals surface area contributed by atoms with E-state index < -0.39 is 0 Å². The monoisotopic (exact) mass is 518 g/mol. The predicted molar refractivity (Wildman–Crippen MR) is 104 cm³/mol. The number of hydrogen-bond donors (Lipinski definition) is 2. The van der Waals surface area contributed by atoms with Gasteiger partial charge in [0.05, 0.1) is 17.3 Å². The van der Waals surface area contributed by atoms with Gasteiger partial charge in [0.25, 0.3) is 5.91 Å². The van der Waals surface area contributed by atoms with Gasteiger partial charge in [-0.2, -0.15) is 5.10 Å². The van der Waals surface area contributed by atoms with E-state index in [0.29, 0.717) is 32.4 Å². The third-order valence-corrected chi connectivity index (χ3v) is 5.64. The Labute approximate surface area is 164 Å². The minimum Gasteiger partial charge on any atom is -0.503 e. The molecule has 2 N–H and O–H groups in total. The molecule has 2 rings (SSSR count). The molecule has 0 saturated carbocycles. The Bertz CT molecular complexity index is 777. The summed E-state index contributed by atoms with van der Waals surface area (Å²) in [6.07, 6.45) is 1.47. The van der Waals surface area contributed by atoms with Gasteiger partial charge in [-0.25, -0.2) is 5.43 Å². The van der Waals surface area contributed by atoms with Gasteiger partial charge in [0.1, 0.15) is 0 Å². The van der Waals surface area contributed by atoms with Gasteiger partial charge in [-0.05, 0) is 69.1 Å². The summed E-state index contributed by atoms with van der Waals surface area (Å²) in [6, 6.07) is 8.56. The number of benzene rings is 2. The standard InChI is InChI=1S/C16H13Br3N2O3/c1-2-24-12-7-10(13(18)14(19)15(12)22)8-20-21-16(23)9-3-5-11(17)6-4-9/h3-8,22H,2H2,1H3,(H,21,23)/b20-8-. The van der Waals surface area contributed by atoms with Crippen molar-refractivity contribution < 1.29 is 14.6 Å².